The zero-order chi connectivity index (χ0) is 14.1. The van der Waals surface area contributed by atoms with Crippen molar-refractivity contribution >= 4 is 26.8 Å². The summed E-state index contributed by atoms with van der Waals surface area (Å²) in [7, 11) is 0. The molecule has 4 heteroatoms. The summed E-state index contributed by atoms with van der Waals surface area (Å²) in [5.41, 5.74) is 8.93. The Kier molecular flexibility index (Phi) is 3.59. The fourth-order valence-corrected chi connectivity index (χ4v) is 2.88. The van der Waals surface area contributed by atoms with Gasteiger partial charge in [-0.1, -0.05) is 30.3 Å². The number of nitrogens with zero attached hydrogens (tertiary/aromatic N) is 1. The predicted octanol–water partition coefficient (Wildman–Crippen LogP) is 4.05. The molecule has 1 heterocycles. The van der Waals surface area contributed by atoms with E-state index in [4.69, 9.17) is 5.73 Å². The Hall–Kier alpha value is -1.65. The summed E-state index contributed by atoms with van der Waals surface area (Å²) in [5.74, 6) is -0.238. The Bertz CT molecular complexity index is 764. The molecule has 3 aromatic rings. The van der Waals surface area contributed by atoms with E-state index in [0.29, 0.717) is 17.6 Å². The monoisotopic (exact) mass is 332 g/mol. The van der Waals surface area contributed by atoms with Crippen molar-refractivity contribution in [2.45, 2.75) is 13.1 Å². The van der Waals surface area contributed by atoms with Crippen molar-refractivity contribution in [3.05, 3.63) is 70.1 Å². The fraction of sp³-hybridized carbons (Fsp3) is 0.125. The second kappa shape index (κ2) is 5.38. The minimum Gasteiger partial charge on any atom is -0.343 e. The molecule has 2 N–H and O–H groups in total. The van der Waals surface area contributed by atoms with Gasteiger partial charge in [0, 0.05) is 19.3 Å². The van der Waals surface area contributed by atoms with Gasteiger partial charge >= 0.3 is 0 Å². The van der Waals surface area contributed by atoms with Crippen LogP contribution in [0.25, 0.3) is 10.9 Å². The normalized spacial score (nSPS) is 11.2. The first kappa shape index (κ1) is 13.3. The highest BCUT2D eigenvalue weighted by atomic mass is 79.9. The van der Waals surface area contributed by atoms with Gasteiger partial charge in [0.15, 0.2) is 0 Å². The van der Waals surface area contributed by atoms with Crippen LogP contribution in [0.1, 0.15) is 11.1 Å². The number of benzene rings is 2. The van der Waals surface area contributed by atoms with Crippen molar-refractivity contribution in [3.63, 3.8) is 0 Å². The number of fused-ring (bicyclic) bond motifs is 1. The largest absolute Gasteiger partial charge is 0.343 e. The minimum atomic E-state index is -0.238. The zero-order valence-electron chi connectivity index (χ0n) is 10.8. The standard InChI is InChI=1S/C16H14BrFN2/c17-15-13(5-2-6-14(15)18)10-20-8-7-11-3-1-4-12(9-19)16(11)20/h1-8H,9-10,19H2. The number of para-hydroxylation sites is 1. The van der Waals surface area contributed by atoms with E-state index >= 15 is 0 Å². The molecule has 0 amide bonds. The lowest BCUT2D eigenvalue weighted by Gasteiger charge is -2.10. The average molecular weight is 333 g/mol. The average Bonchev–Trinajstić information content (AvgIpc) is 2.87. The lowest BCUT2D eigenvalue weighted by atomic mass is 10.1. The summed E-state index contributed by atoms with van der Waals surface area (Å²) in [6.07, 6.45) is 2.02. The van der Waals surface area contributed by atoms with Crippen LogP contribution in [0.4, 0.5) is 4.39 Å². The van der Waals surface area contributed by atoms with E-state index in [1.54, 1.807) is 6.07 Å². The number of nitrogens with two attached hydrogens (primary N) is 1. The summed E-state index contributed by atoms with van der Waals surface area (Å²) in [6, 6.07) is 13.3. The maximum atomic E-state index is 13.6. The van der Waals surface area contributed by atoms with Crippen LogP contribution < -0.4 is 5.73 Å². The van der Waals surface area contributed by atoms with Gasteiger partial charge in [-0.15, -0.1) is 0 Å². The smallest absolute Gasteiger partial charge is 0.137 e. The summed E-state index contributed by atoms with van der Waals surface area (Å²) in [6.45, 7) is 1.10. The molecule has 0 aliphatic heterocycles. The van der Waals surface area contributed by atoms with E-state index in [1.807, 2.05) is 24.4 Å². The number of rotatable bonds is 3. The lowest BCUT2D eigenvalue weighted by Crippen LogP contribution is -2.04. The van der Waals surface area contributed by atoms with Crippen LogP contribution in [-0.2, 0) is 13.1 Å². The molecule has 20 heavy (non-hydrogen) atoms. The van der Waals surface area contributed by atoms with Crippen LogP contribution in [0, 0.1) is 5.82 Å². The van der Waals surface area contributed by atoms with Gasteiger partial charge in [0.2, 0.25) is 0 Å². The lowest BCUT2D eigenvalue weighted by molar-refractivity contribution is 0.616. The number of hydrogen-bond acceptors (Lipinski definition) is 1. The zero-order valence-corrected chi connectivity index (χ0v) is 12.4. The van der Waals surface area contributed by atoms with Crippen molar-refractivity contribution in [2.24, 2.45) is 5.73 Å². The van der Waals surface area contributed by atoms with Crippen molar-refractivity contribution in [1.82, 2.24) is 4.57 Å². The molecule has 0 fully saturated rings. The van der Waals surface area contributed by atoms with E-state index in [2.05, 4.69) is 32.6 Å². The third-order valence-electron chi connectivity index (χ3n) is 3.46. The van der Waals surface area contributed by atoms with Crippen LogP contribution >= 0.6 is 15.9 Å². The number of aromatic nitrogens is 1. The van der Waals surface area contributed by atoms with Crippen LogP contribution in [0.5, 0.6) is 0 Å². The fourth-order valence-electron chi connectivity index (χ4n) is 2.49. The van der Waals surface area contributed by atoms with Gasteiger partial charge in [-0.3, -0.25) is 0 Å². The number of halogens is 2. The quantitative estimate of drug-likeness (QED) is 0.770. The molecule has 0 unspecified atom stereocenters. The maximum absolute atomic E-state index is 13.6. The molecule has 0 saturated heterocycles. The first-order valence-corrected chi connectivity index (χ1v) is 7.19. The Labute approximate surface area is 125 Å². The highest BCUT2D eigenvalue weighted by molar-refractivity contribution is 9.10. The molecule has 0 aliphatic rings. The van der Waals surface area contributed by atoms with Gasteiger partial charge in [0.25, 0.3) is 0 Å². The first-order chi connectivity index (χ1) is 9.70. The Morgan fingerprint density at radius 1 is 1.05 bits per heavy atom. The third-order valence-corrected chi connectivity index (χ3v) is 4.35. The molecule has 0 bridgehead atoms. The highest BCUT2D eigenvalue weighted by Gasteiger charge is 2.09. The van der Waals surface area contributed by atoms with Crippen LogP contribution in [0.2, 0.25) is 0 Å². The van der Waals surface area contributed by atoms with Gasteiger partial charge in [-0.05, 0) is 44.6 Å². The molecular formula is C16H14BrFN2. The maximum Gasteiger partial charge on any atom is 0.137 e. The number of hydrogen-bond donors (Lipinski definition) is 1. The molecule has 0 atom stereocenters. The second-order valence-corrected chi connectivity index (χ2v) is 5.51. The molecule has 2 aromatic carbocycles. The molecule has 1 aromatic heterocycles. The summed E-state index contributed by atoms with van der Waals surface area (Å²) in [4.78, 5) is 0. The third kappa shape index (κ3) is 2.25. The van der Waals surface area contributed by atoms with E-state index in [9.17, 15) is 4.39 Å². The molecule has 0 spiro atoms. The van der Waals surface area contributed by atoms with E-state index < -0.39 is 0 Å². The Morgan fingerprint density at radius 2 is 1.80 bits per heavy atom. The molecule has 3 rings (SSSR count). The molecule has 0 aliphatic carbocycles. The van der Waals surface area contributed by atoms with Gasteiger partial charge in [0.05, 0.1) is 9.99 Å². The SMILES string of the molecule is NCc1cccc2ccn(Cc3cccc(F)c3Br)c12. The van der Waals surface area contributed by atoms with Crippen molar-refractivity contribution < 1.29 is 4.39 Å². The van der Waals surface area contributed by atoms with Crippen LogP contribution in [0.3, 0.4) is 0 Å². The molecule has 0 radical (unpaired) electrons. The summed E-state index contributed by atoms with van der Waals surface area (Å²) >= 11 is 3.31. The minimum absolute atomic E-state index is 0.238. The molecule has 102 valence electrons. The summed E-state index contributed by atoms with van der Waals surface area (Å²) in [5, 5.41) is 1.15. The Morgan fingerprint density at radius 3 is 2.60 bits per heavy atom. The first-order valence-electron chi connectivity index (χ1n) is 6.40. The van der Waals surface area contributed by atoms with Gasteiger partial charge < -0.3 is 10.3 Å². The predicted molar refractivity (Wildman–Crippen MR) is 83.0 cm³/mol. The van der Waals surface area contributed by atoms with Crippen molar-refractivity contribution in [1.29, 1.82) is 0 Å². The topological polar surface area (TPSA) is 30.9 Å². The van der Waals surface area contributed by atoms with Crippen molar-refractivity contribution in [2.75, 3.05) is 0 Å². The van der Waals surface area contributed by atoms with E-state index in [0.717, 1.165) is 22.0 Å². The van der Waals surface area contributed by atoms with Gasteiger partial charge in [-0.2, -0.15) is 0 Å². The Balaban J connectivity index is 2.09. The van der Waals surface area contributed by atoms with Crippen LogP contribution in [-0.4, -0.2) is 4.57 Å². The molecule has 2 nitrogen and oxygen atoms in total. The molecular weight excluding hydrogens is 319 g/mol. The van der Waals surface area contributed by atoms with Gasteiger partial charge in [-0.25, -0.2) is 4.39 Å². The highest BCUT2D eigenvalue weighted by Crippen LogP contribution is 2.25. The van der Waals surface area contributed by atoms with Crippen LogP contribution in [0.15, 0.2) is 53.1 Å². The summed E-state index contributed by atoms with van der Waals surface area (Å²) < 4.78 is 16.2. The molecule has 0 saturated carbocycles. The van der Waals surface area contributed by atoms with E-state index in [-0.39, 0.29) is 5.82 Å². The van der Waals surface area contributed by atoms with Crippen molar-refractivity contribution in [3.8, 4) is 0 Å². The van der Waals surface area contributed by atoms with Gasteiger partial charge in [0.1, 0.15) is 5.82 Å². The second-order valence-electron chi connectivity index (χ2n) is 4.72. The van der Waals surface area contributed by atoms with E-state index in [1.165, 1.54) is 6.07 Å².